The highest BCUT2D eigenvalue weighted by molar-refractivity contribution is 7.14. The minimum atomic E-state index is -4.57. The molecule has 2 aromatic heterocycles. The Hall–Kier alpha value is -3.05. The summed E-state index contributed by atoms with van der Waals surface area (Å²) in [6.07, 6.45) is -2.78. The lowest BCUT2D eigenvalue weighted by atomic mass is 10.1. The molecular weight excluding hydrogens is 443 g/mol. The molecular formula is C21H20F3N5O2S. The molecule has 0 bridgehead atoms. The van der Waals surface area contributed by atoms with E-state index in [0.717, 1.165) is 34.6 Å². The summed E-state index contributed by atoms with van der Waals surface area (Å²) in [5.41, 5.74) is 0.234. The van der Waals surface area contributed by atoms with E-state index in [1.807, 2.05) is 13.0 Å². The monoisotopic (exact) mass is 463 g/mol. The molecule has 7 nitrogen and oxygen atoms in total. The minimum absolute atomic E-state index is 0.0283. The average Bonchev–Trinajstić information content (AvgIpc) is 3.16. The first-order valence-corrected chi connectivity index (χ1v) is 10.7. The van der Waals surface area contributed by atoms with Crippen molar-refractivity contribution < 1.29 is 22.7 Å². The molecule has 0 radical (unpaired) electrons. The third-order valence-electron chi connectivity index (χ3n) is 4.85. The van der Waals surface area contributed by atoms with Crippen LogP contribution in [0.1, 0.15) is 39.6 Å². The first-order chi connectivity index (χ1) is 15.2. The smallest absolute Gasteiger partial charge is 0.435 e. The summed E-state index contributed by atoms with van der Waals surface area (Å²) < 4.78 is 44.0. The number of halogens is 3. The molecule has 0 spiro atoms. The van der Waals surface area contributed by atoms with Crippen LogP contribution in [0.15, 0.2) is 36.5 Å². The fourth-order valence-electron chi connectivity index (χ4n) is 3.03. The molecule has 1 aliphatic heterocycles. The van der Waals surface area contributed by atoms with Crippen molar-refractivity contribution in [3.63, 3.8) is 0 Å². The standard InChI is InChI=1S/C21H20F3N5O2S/c1-11-8-26-20(32-11)14-5-13(6-15(7-14)31-16-9-25-10-16)19(30)27-12(2)17-3-4-18(29-28-17)21(22,23)24/h3-8,12,16,25H,9-10H2,1-2H3,(H,27,30). The molecule has 1 saturated heterocycles. The Kier molecular flexibility index (Phi) is 6.11. The summed E-state index contributed by atoms with van der Waals surface area (Å²) in [5.74, 6) is 0.139. The van der Waals surface area contributed by atoms with Crippen LogP contribution in [0.3, 0.4) is 0 Å². The third kappa shape index (κ3) is 5.05. The Morgan fingerprint density at radius 1 is 1.25 bits per heavy atom. The number of benzene rings is 1. The molecule has 4 rings (SSSR count). The van der Waals surface area contributed by atoms with Gasteiger partial charge in [-0.05, 0) is 44.2 Å². The molecule has 3 heterocycles. The van der Waals surface area contributed by atoms with Gasteiger partial charge < -0.3 is 15.4 Å². The van der Waals surface area contributed by atoms with Crippen molar-refractivity contribution in [2.24, 2.45) is 0 Å². The second kappa shape index (κ2) is 8.83. The molecule has 1 aliphatic rings. The van der Waals surface area contributed by atoms with E-state index in [1.54, 1.807) is 25.3 Å². The average molecular weight is 463 g/mol. The van der Waals surface area contributed by atoms with Gasteiger partial charge in [-0.1, -0.05) is 0 Å². The topological polar surface area (TPSA) is 89.0 Å². The lowest BCUT2D eigenvalue weighted by Crippen LogP contribution is -2.50. The minimum Gasteiger partial charge on any atom is -0.488 e. The number of nitrogens with one attached hydrogen (secondary N) is 2. The Morgan fingerprint density at radius 3 is 2.59 bits per heavy atom. The molecule has 32 heavy (non-hydrogen) atoms. The largest absolute Gasteiger partial charge is 0.488 e. The maximum atomic E-state index is 12.9. The van der Waals surface area contributed by atoms with Crippen molar-refractivity contribution >= 4 is 17.2 Å². The van der Waals surface area contributed by atoms with E-state index in [-0.39, 0.29) is 11.8 Å². The summed E-state index contributed by atoms with van der Waals surface area (Å²) in [6.45, 7) is 5.03. The van der Waals surface area contributed by atoms with Gasteiger partial charge in [0, 0.05) is 35.3 Å². The fraction of sp³-hybridized carbons (Fsp3) is 0.333. The molecule has 1 amide bonds. The summed E-state index contributed by atoms with van der Waals surface area (Å²) in [6, 6.07) is 6.59. The van der Waals surface area contributed by atoms with Crippen LogP contribution in [0, 0.1) is 6.92 Å². The fourth-order valence-corrected chi connectivity index (χ4v) is 3.78. The van der Waals surface area contributed by atoms with Gasteiger partial charge in [0.15, 0.2) is 5.69 Å². The number of alkyl halides is 3. The second-order valence-corrected chi connectivity index (χ2v) is 8.69. The number of aryl methyl sites for hydroxylation is 1. The third-order valence-corrected chi connectivity index (χ3v) is 5.81. The van der Waals surface area contributed by atoms with Crippen LogP contribution >= 0.6 is 11.3 Å². The molecule has 0 saturated carbocycles. The van der Waals surface area contributed by atoms with Crippen LogP contribution in [0.2, 0.25) is 0 Å². The van der Waals surface area contributed by atoms with E-state index in [0.29, 0.717) is 11.3 Å². The first-order valence-electron chi connectivity index (χ1n) is 9.86. The Balaban J connectivity index is 1.55. The molecule has 168 valence electrons. The lowest BCUT2D eigenvalue weighted by Gasteiger charge is -2.28. The molecule has 1 aromatic carbocycles. The highest BCUT2D eigenvalue weighted by atomic mass is 32.1. The van der Waals surface area contributed by atoms with Crippen molar-refractivity contribution in [3.8, 4) is 16.3 Å². The van der Waals surface area contributed by atoms with Crippen LogP contribution in [-0.4, -0.2) is 40.3 Å². The van der Waals surface area contributed by atoms with Gasteiger partial charge in [0.1, 0.15) is 16.9 Å². The quantitative estimate of drug-likeness (QED) is 0.579. The van der Waals surface area contributed by atoms with Crippen molar-refractivity contribution in [1.82, 2.24) is 25.8 Å². The van der Waals surface area contributed by atoms with E-state index in [2.05, 4.69) is 25.8 Å². The Labute approximate surface area is 186 Å². The highest BCUT2D eigenvalue weighted by Crippen LogP contribution is 2.31. The zero-order valence-electron chi connectivity index (χ0n) is 17.2. The number of carbonyl (C=O) groups excluding carboxylic acids is 1. The number of thiazole rings is 1. The predicted molar refractivity (Wildman–Crippen MR) is 112 cm³/mol. The van der Waals surface area contributed by atoms with Gasteiger partial charge in [0.25, 0.3) is 5.91 Å². The lowest BCUT2D eigenvalue weighted by molar-refractivity contribution is -0.141. The zero-order chi connectivity index (χ0) is 22.9. The van der Waals surface area contributed by atoms with E-state index >= 15 is 0 Å². The van der Waals surface area contributed by atoms with Gasteiger partial charge >= 0.3 is 6.18 Å². The van der Waals surface area contributed by atoms with Gasteiger partial charge in [-0.25, -0.2) is 4.98 Å². The number of ether oxygens (including phenoxy) is 1. The van der Waals surface area contributed by atoms with Crippen LogP contribution in [0.25, 0.3) is 10.6 Å². The SMILES string of the molecule is Cc1cnc(-c2cc(OC3CNC3)cc(C(=O)NC(C)c3ccc(C(F)(F)F)nn3)c2)s1. The highest BCUT2D eigenvalue weighted by Gasteiger charge is 2.33. The summed E-state index contributed by atoms with van der Waals surface area (Å²) in [7, 11) is 0. The molecule has 2 N–H and O–H groups in total. The van der Waals surface area contributed by atoms with Crippen LogP contribution < -0.4 is 15.4 Å². The van der Waals surface area contributed by atoms with Crippen molar-refractivity contribution in [2.75, 3.05) is 13.1 Å². The zero-order valence-corrected chi connectivity index (χ0v) is 18.0. The van der Waals surface area contributed by atoms with Gasteiger partial charge in [-0.2, -0.15) is 18.3 Å². The van der Waals surface area contributed by atoms with Gasteiger partial charge in [-0.15, -0.1) is 16.4 Å². The maximum Gasteiger partial charge on any atom is 0.435 e. The van der Waals surface area contributed by atoms with E-state index < -0.39 is 23.8 Å². The second-order valence-electron chi connectivity index (χ2n) is 7.46. The summed E-state index contributed by atoms with van der Waals surface area (Å²) >= 11 is 1.50. The molecule has 11 heteroatoms. The summed E-state index contributed by atoms with van der Waals surface area (Å²) in [5, 5.41) is 13.5. The normalized spacial score (nSPS) is 15.2. The van der Waals surface area contributed by atoms with E-state index in [1.165, 1.54) is 17.4 Å². The number of hydrogen-bond acceptors (Lipinski definition) is 7. The molecule has 1 unspecified atom stereocenters. The first kappa shape index (κ1) is 22.2. The number of amides is 1. The van der Waals surface area contributed by atoms with Crippen molar-refractivity contribution in [2.45, 2.75) is 32.2 Å². The van der Waals surface area contributed by atoms with Crippen molar-refractivity contribution in [1.29, 1.82) is 0 Å². The molecule has 1 fully saturated rings. The summed E-state index contributed by atoms with van der Waals surface area (Å²) in [4.78, 5) is 18.4. The maximum absolute atomic E-state index is 12.9. The van der Waals surface area contributed by atoms with Gasteiger partial charge in [0.2, 0.25) is 0 Å². The number of hydrogen-bond donors (Lipinski definition) is 2. The number of nitrogens with zero attached hydrogens (tertiary/aromatic N) is 3. The molecule has 3 aromatic rings. The van der Waals surface area contributed by atoms with Crippen molar-refractivity contribution in [3.05, 3.63) is 58.4 Å². The molecule has 0 aliphatic carbocycles. The van der Waals surface area contributed by atoms with E-state index in [4.69, 9.17) is 4.74 Å². The van der Waals surface area contributed by atoms with E-state index in [9.17, 15) is 18.0 Å². The van der Waals surface area contributed by atoms with Gasteiger partial charge in [0.05, 0.1) is 11.7 Å². The molecule has 1 atom stereocenters. The number of aromatic nitrogens is 3. The number of carbonyl (C=O) groups is 1. The van der Waals surface area contributed by atoms with Gasteiger partial charge in [-0.3, -0.25) is 4.79 Å². The van der Waals surface area contributed by atoms with Crippen LogP contribution in [0.4, 0.5) is 13.2 Å². The Morgan fingerprint density at radius 2 is 2.03 bits per heavy atom. The number of rotatable bonds is 6. The van der Waals surface area contributed by atoms with Crippen LogP contribution in [0.5, 0.6) is 5.75 Å². The Bertz CT molecular complexity index is 1110. The van der Waals surface area contributed by atoms with Crippen LogP contribution in [-0.2, 0) is 6.18 Å². The predicted octanol–water partition coefficient (Wildman–Crippen LogP) is 3.77.